The SMILES string of the molecule is CC[C@H](O)C(C)[C@H]1O[C@@H]1C[C@@](C)(O)/C=C/C=C(\C)[C@H]1OC(=O)C[C@H](O)CC[C@@](C)(OC)[C@@H](OC(=O)N2CCN[C@H](CCC(=O)O)C2)/C=C/[C@@H]1C. The number of rotatable bonds is 13. The van der Waals surface area contributed by atoms with E-state index in [1.54, 1.807) is 43.1 Å². The maximum absolute atomic E-state index is 13.5. The molecule has 1 amide bonds. The highest BCUT2D eigenvalue weighted by atomic mass is 16.6. The van der Waals surface area contributed by atoms with Crippen LogP contribution >= 0.6 is 0 Å². The summed E-state index contributed by atoms with van der Waals surface area (Å²) in [5.41, 5.74) is -1.50. The number of carboxylic acid groups (broad SMARTS) is 1. The van der Waals surface area contributed by atoms with Gasteiger partial charge in [0, 0.05) is 57.5 Å². The maximum atomic E-state index is 13.5. The van der Waals surface area contributed by atoms with Crippen LogP contribution in [0.25, 0.3) is 0 Å². The van der Waals surface area contributed by atoms with Gasteiger partial charge in [-0.15, -0.1) is 0 Å². The van der Waals surface area contributed by atoms with Gasteiger partial charge in [-0.25, -0.2) is 4.79 Å². The van der Waals surface area contributed by atoms with Crippen LogP contribution < -0.4 is 5.32 Å². The maximum Gasteiger partial charge on any atom is 0.410 e. The highest BCUT2D eigenvalue weighted by Gasteiger charge is 2.47. The van der Waals surface area contributed by atoms with Crippen molar-refractivity contribution in [2.45, 2.75) is 140 Å². The number of hydrogen-bond acceptors (Lipinski definition) is 11. The summed E-state index contributed by atoms with van der Waals surface area (Å²) in [6, 6.07) is -0.173. The van der Waals surface area contributed by atoms with E-state index in [2.05, 4.69) is 5.32 Å². The minimum atomic E-state index is -1.17. The number of nitrogens with one attached hydrogen (secondary N) is 1. The molecule has 0 bridgehead atoms. The highest BCUT2D eigenvalue weighted by Crippen LogP contribution is 2.37. The molecule has 0 aromatic rings. The molecule has 2 fully saturated rings. The van der Waals surface area contributed by atoms with E-state index in [0.717, 1.165) is 0 Å². The number of methoxy groups -OCH3 is 1. The number of ether oxygens (including phenoxy) is 4. The molecule has 3 aliphatic rings. The first kappa shape index (κ1) is 41.6. The summed E-state index contributed by atoms with van der Waals surface area (Å²) >= 11 is 0. The van der Waals surface area contributed by atoms with Crippen molar-refractivity contribution in [1.82, 2.24) is 10.2 Å². The van der Waals surface area contributed by atoms with Crippen LogP contribution in [0.1, 0.15) is 86.5 Å². The minimum absolute atomic E-state index is 0.0112. The van der Waals surface area contributed by atoms with Crippen LogP contribution in [0.15, 0.2) is 36.0 Å². The number of hydrogen-bond donors (Lipinski definition) is 5. The Balaban J connectivity index is 1.77. The van der Waals surface area contributed by atoms with E-state index in [0.29, 0.717) is 44.5 Å². The quantitative estimate of drug-likeness (QED) is 0.0813. The summed E-state index contributed by atoms with van der Waals surface area (Å²) in [6.07, 6.45) is 6.52. The Morgan fingerprint density at radius 2 is 2.02 bits per heavy atom. The van der Waals surface area contributed by atoms with Gasteiger partial charge < -0.3 is 49.6 Å². The molecule has 3 rings (SSSR count). The van der Waals surface area contributed by atoms with Gasteiger partial charge in [0.1, 0.15) is 11.7 Å². The molecule has 13 heteroatoms. The molecule has 13 nitrogen and oxygen atoms in total. The second kappa shape index (κ2) is 18.6. The zero-order chi connectivity index (χ0) is 37.2. The Kier molecular flexibility index (Phi) is 15.5. The summed E-state index contributed by atoms with van der Waals surface area (Å²) in [4.78, 5) is 39.0. The number of piperazine rings is 1. The van der Waals surface area contributed by atoms with Crippen molar-refractivity contribution < 1.29 is 53.8 Å². The Bertz CT molecular complexity index is 1240. The van der Waals surface area contributed by atoms with Crippen LogP contribution in [0, 0.1) is 11.8 Å². The number of carbonyl (C=O) groups excluding carboxylic acids is 2. The molecule has 284 valence electrons. The fraction of sp³-hybridized carbons (Fsp3) is 0.757. The number of allylic oxidation sites excluding steroid dienone is 2. The summed E-state index contributed by atoms with van der Waals surface area (Å²) in [6.45, 7) is 12.3. The highest BCUT2D eigenvalue weighted by molar-refractivity contribution is 5.70. The zero-order valence-electron chi connectivity index (χ0n) is 30.7. The van der Waals surface area contributed by atoms with Gasteiger partial charge in [0.15, 0.2) is 6.10 Å². The normalized spacial score (nSPS) is 34.4. The number of amides is 1. The predicted molar refractivity (Wildman–Crippen MR) is 186 cm³/mol. The van der Waals surface area contributed by atoms with Crippen LogP contribution in [0.3, 0.4) is 0 Å². The van der Waals surface area contributed by atoms with E-state index >= 15 is 0 Å². The van der Waals surface area contributed by atoms with Gasteiger partial charge in [0.2, 0.25) is 0 Å². The largest absolute Gasteiger partial charge is 0.481 e. The fourth-order valence-corrected chi connectivity index (χ4v) is 6.67. The third-order valence-corrected chi connectivity index (χ3v) is 10.3. The molecular formula is C37H60N2O11. The molecule has 3 aliphatic heterocycles. The van der Waals surface area contributed by atoms with E-state index in [1.807, 2.05) is 33.8 Å². The lowest BCUT2D eigenvalue weighted by atomic mass is 9.88. The van der Waals surface area contributed by atoms with Crippen LogP contribution in [0.4, 0.5) is 4.79 Å². The van der Waals surface area contributed by atoms with Gasteiger partial charge in [-0.2, -0.15) is 0 Å². The minimum Gasteiger partial charge on any atom is -0.481 e. The number of cyclic esters (lactones) is 1. The second-order valence-electron chi connectivity index (χ2n) is 14.7. The summed E-state index contributed by atoms with van der Waals surface area (Å²) in [5.74, 6) is -1.85. The molecule has 0 radical (unpaired) electrons. The van der Waals surface area contributed by atoms with Gasteiger partial charge in [0.25, 0.3) is 0 Å². The third kappa shape index (κ3) is 12.4. The van der Waals surface area contributed by atoms with Gasteiger partial charge in [-0.3, -0.25) is 9.59 Å². The Morgan fingerprint density at radius 3 is 2.68 bits per heavy atom. The van der Waals surface area contributed by atoms with Crippen LogP contribution in [0.2, 0.25) is 0 Å². The number of esters is 1. The smallest absolute Gasteiger partial charge is 0.410 e. The Morgan fingerprint density at radius 1 is 1.30 bits per heavy atom. The van der Waals surface area contributed by atoms with E-state index in [1.165, 1.54) is 7.11 Å². The molecule has 5 N–H and O–H groups in total. The number of aliphatic carboxylic acids is 1. The van der Waals surface area contributed by atoms with E-state index < -0.39 is 53.6 Å². The first-order chi connectivity index (χ1) is 23.5. The first-order valence-corrected chi connectivity index (χ1v) is 17.9. The molecule has 50 heavy (non-hydrogen) atoms. The number of aliphatic hydroxyl groups excluding tert-OH is 2. The molecule has 0 saturated carbocycles. The van der Waals surface area contributed by atoms with Gasteiger partial charge >= 0.3 is 18.0 Å². The van der Waals surface area contributed by atoms with Gasteiger partial charge in [0.05, 0.1) is 36.4 Å². The van der Waals surface area contributed by atoms with Crippen molar-refractivity contribution >= 4 is 18.0 Å². The molecule has 0 spiro atoms. The Hall–Kier alpha value is -2.81. The zero-order valence-corrected chi connectivity index (χ0v) is 30.7. The number of nitrogens with zero attached hydrogens (tertiary/aromatic N) is 1. The van der Waals surface area contributed by atoms with Crippen LogP contribution in [-0.4, -0.2) is 124 Å². The van der Waals surface area contributed by atoms with Gasteiger partial charge in [-0.1, -0.05) is 45.1 Å². The topological polar surface area (TPSA) is 188 Å². The van der Waals surface area contributed by atoms with Crippen molar-refractivity contribution in [1.29, 1.82) is 0 Å². The van der Waals surface area contributed by atoms with Crippen molar-refractivity contribution in [2.75, 3.05) is 26.7 Å². The first-order valence-electron chi connectivity index (χ1n) is 17.9. The monoisotopic (exact) mass is 708 g/mol. The predicted octanol–water partition coefficient (Wildman–Crippen LogP) is 3.50. The molecule has 3 heterocycles. The lowest BCUT2D eigenvalue weighted by Crippen LogP contribution is -2.54. The Labute approximate surface area is 296 Å². The average Bonchev–Trinajstić information content (AvgIpc) is 3.83. The molecule has 1 unspecified atom stereocenters. The van der Waals surface area contributed by atoms with Crippen molar-refractivity contribution in [3.05, 3.63) is 36.0 Å². The molecule has 2 saturated heterocycles. The third-order valence-electron chi connectivity index (χ3n) is 10.3. The molecular weight excluding hydrogens is 648 g/mol. The number of carboxylic acids is 1. The van der Waals surface area contributed by atoms with Crippen molar-refractivity contribution in [3.63, 3.8) is 0 Å². The van der Waals surface area contributed by atoms with Gasteiger partial charge in [-0.05, 0) is 58.1 Å². The molecule has 0 aromatic carbocycles. The van der Waals surface area contributed by atoms with Crippen molar-refractivity contribution in [2.24, 2.45) is 11.8 Å². The average molecular weight is 709 g/mol. The molecule has 0 aromatic heterocycles. The van der Waals surface area contributed by atoms with E-state index in [9.17, 15) is 29.7 Å². The standard InChI is InChI=1S/C37H60N2O11/c1-8-28(41)25(4)34-29(48-34)21-36(5,46)16-9-10-23(2)33-24(3)11-13-30(37(6,47-7)17-15-27(40)20-32(44)50-33)49-35(45)39-19-18-38-26(22-39)12-14-31(42)43/h9-11,13,16,24-30,33-34,38,40-41,46H,8,12,14-15,17-22H2,1-7H3,(H,42,43)/b13-11+,16-9+,23-10+/t24-,25?,26+,27+,28-,29+,30-,33+,34+,36-,37+/m0/s1. The second-order valence-corrected chi connectivity index (χ2v) is 14.7. The lowest BCUT2D eigenvalue weighted by Gasteiger charge is -2.38. The van der Waals surface area contributed by atoms with Crippen molar-refractivity contribution in [3.8, 4) is 0 Å². The van der Waals surface area contributed by atoms with Crippen LogP contribution in [0.5, 0.6) is 0 Å². The molecule has 0 aliphatic carbocycles. The fourth-order valence-electron chi connectivity index (χ4n) is 6.67. The van der Waals surface area contributed by atoms with E-state index in [4.69, 9.17) is 24.1 Å². The number of aliphatic hydroxyl groups is 3. The summed E-state index contributed by atoms with van der Waals surface area (Å²) < 4.78 is 23.6. The molecule has 11 atom stereocenters. The number of carbonyl (C=O) groups is 3. The summed E-state index contributed by atoms with van der Waals surface area (Å²) in [5, 5.41) is 44.3. The van der Waals surface area contributed by atoms with Crippen LogP contribution in [-0.2, 0) is 28.5 Å². The lowest BCUT2D eigenvalue weighted by molar-refractivity contribution is -0.151. The van der Waals surface area contributed by atoms with E-state index in [-0.39, 0.29) is 55.8 Å². The number of epoxide rings is 1. The summed E-state index contributed by atoms with van der Waals surface area (Å²) in [7, 11) is 1.51.